The molecule has 0 bridgehead atoms. The first-order valence-corrected chi connectivity index (χ1v) is 23.1. The monoisotopic (exact) mass is 821 g/mol. The van der Waals surface area contributed by atoms with Crippen molar-refractivity contribution >= 4 is 27.8 Å². The fourth-order valence-corrected chi connectivity index (χ4v) is 12.7. The molecule has 0 N–H and O–H groups in total. The lowest BCUT2D eigenvalue weighted by Gasteiger charge is -2.41. The van der Waals surface area contributed by atoms with Crippen molar-refractivity contribution in [2.75, 3.05) is 4.90 Å². The Morgan fingerprint density at radius 2 is 0.719 bits per heavy atom. The van der Waals surface area contributed by atoms with Crippen LogP contribution < -0.4 is 4.90 Å². The molecule has 0 aromatic heterocycles. The molecule has 9 aromatic rings. The number of nitrogens with zero attached hydrogens (tertiary/aromatic N) is 1. The highest BCUT2D eigenvalue weighted by Gasteiger charge is 2.58. The molecule has 9 aromatic carbocycles. The van der Waals surface area contributed by atoms with Crippen LogP contribution in [0.2, 0.25) is 0 Å². The van der Waals surface area contributed by atoms with E-state index in [1.807, 2.05) is 0 Å². The molecule has 0 saturated carbocycles. The Balaban J connectivity index is 1.24. The molecule has 4 aliphatic rings. The molecule has 0 radical (unpaired) electrons. The van der Waals surface area contributed by atoms with Gasteiger partial charge >= 0.3 is 0 Å². The summed E-state index contributed by atoms with van der Waals surface area (Å²) in [5, 5.41) is 2.74. The number of anilines is 3. The van der Waals surface area contributed by atoms with E-state index in [9.17, 15) is 0 Å². The van der Waals surface area contributed by atoms with Gasteiger partial charge in [-0.2, -0.15) is 0 Å². The Morgan fingerprint density at radius 3 is 1.14 bits per heavy atom. The van der Waals surface area contributed by atoms with Crippen molar-refractivity contribution < 1.29 is 0 Å². The fourth-order valence-electron chi connectivity index (χ4n) is 12.7. The second-order valence-electron chi connectivity index (χ2n) is 20.9. The summed E-state index contributed by atoms with van der Waals surface area (Å²) >= 11 is 0. The highest BCUT2D eigenvalue weighted by Crippen LogP contribution is 2.71. The minimum Gasteiger partial charge on any atom is -0.310 e. The van der Waals surface area contributed by atoms with Crippen LogP contribution in [0.4, 0.5) is 17.1 Å². The zero-order valence-electron chi connectivity index (χ0n) is 37.8. The lowest BCUT2D eigenvalue weighted by Crippen LogP contribution is -2.32. The van der Waals surface area contributed by atoms with Crippen LogP contribution in [-0.2, 0) is 21.7 Å². The summed E-state index contributed by atoms with van der Waals surface area (Å²) < 4.78 is 0. The second-order valence-corrected chi connectivity index (χ2v) is 20.9. The van der Waals surface area contributed by atoms with E-state index in [-0.39, 0.29) is 10.8 Å². The van der Waals surface area contributed by atoms with Crippen LogP contribution in [0, 0.1) is 6.92 Å². The van der Waals surface area contributed by atoms with Crippen molar-refractivity contribution in [3.8, 4) is 33.4 Å². The van der Waals surface area contributed by atoms with E-state index in [1.54, 1.807) is 0 Å². The molecule has 0 saturated heterocycles. The van der Waals surface area contributed by atoms with Crippen LogP contribution in [0.5, 0.6) is 0 Å². The summed E-state index contributed by atoms with van der Waals surface area (Å²) in [7, 11) is 0. The standard InChI is InChI=1S/C63H51N/c1-38-35-54-59-57-44(38)21-16-26-53(57)62(49-22-12-8-17-45(49)46-18-9-13-23-50(46)62)55-36-43(37-56(58(55)59)63(54)51-24-14-10-19-47(51)48-20-11-15-25-52(48)63)64(41-31-27-39(28-32-41)60(2,3)4)42-33-29-40(30-34-42)61(5,6)7/h8-37H,1-7H3. The molecule has 0 amide bonds. The van der Waals surface area contributed by atoms with Crippen molar-refractivity contribution in [3.63, 3.8) is 0 Å². The Kier molecular flexibility index (Phi) is 7.40. The van der Waals surface area contributed by atoms with Crippen LogP contribution in [0.1, 0.15) is 103 Å². The van der Waals surface area contributed by atoms with Gasteiger partial charge in [0, 0.05) is 17.1 Å². The number of hydrogen-bond donors (Lipinski definition) is 0. The van der Waals surface area contributed by atoms with Crippen LogP contribution in [0.3, 0.4) is 0 Å². The van der Waals surface area contributed by atoms with Gasteiger partial charge in [0.25, 0.3) is 0 Å². The normalized spacial score (nSPS) is 15.0. The maximum atomic E-state index is 2.60. The summed E-state index contributed by atoms with van der Waals surface area (Å²) in [5.74, 6) is 0. The molecule has 0 heterocycles. The van der Waals surface area contributed by atoms with Crippen molar-refractivity contribution in [3.05, 3.63) is 243 Å². The molecule has 4 aliphatic carbocycles. The first-order valence-electron chi connectivity index (χ1n) is 23.1. The number of benzene rings is 9. The van der Waals surface area contributed by atoms with E-state index in [4.69, 9.17) is 0 Å². The number of rotatable bonds is 3. The van der Waals surface area contributed by atoms with Gasteiger partial charge in [0.2, 0.25) is 0 Å². The van der Waals surface area contributed by atoms with E-state index in [2.05, 4.69) is 235 Å². The number of fused-ring (bicyclic) bond motifs is 14. The van der Waals surface area contributed by atoms with Crippen LogP contribution in [0.25, 0.3) is 44.2 Å². The van der Waals surface area contributed by atoms with Gasteiger partial charge < -0.3 is 4.90 Å². The van der Waals surface area contributed by atoms with Crippen molar-refractivity contribution in [1.29, 1.82) is 0 Å². The van der Waals surface area contributed by atoms with Crippen LogP contribution >= 0.6 is 0 Å². The molecule has 0 unspecified atom stereocenters. The van der Waals surface area contributed by atoms with Gasteiger partial charge in [0.05, 0.1) is 10.8 Å². The molecule has 0 aliphatic heterocycles. The van der Waals surface area contributed by atoms with Gasteiger partial charge in [-0.15, -0.1) is 0 Å². The van der Waals surface area contributed by atoms with Crippen LogP contribution in [-0.4, -0.2) is 0 Å². The summed E-state index contributed by atoms with van der Waals surface area (Å²) in [6, 6.07) is 70.7. The average molecular weight is 822 g/mol. The lowest BCUT2D eigenvalue weighted by molar-refractivity contribution is 0.590. The molecular weight excluding hydrogens is 771 g/mol. The second kappa shape index (κ2) is 12.6. The number of aryl methyl sites for hydroxylation is 1. The van der Waals surface area contributed by atoms with Crippen molar-refractivity contribution in [2.24, 2.45) is 0 Å². The van der Waals surface area contributed by atoms with Gasteiger partial charge in [-0.3, -0.25) is 0 Å². The van der Waals surface area contributed by atoms with E-state index >= 15 is 0 Å². The third kappa shape index (κ3) is 4.59. The Hall–Kier alpha value is -6.96. The highest BCUT2D eigenvalue weighted by molar-refractivity contribution is 6.14. The molecule has 308 valence electrons. The van der Waals surface area contributed by atoms with Gasteiger partial charge in [0.1, 0.15) is 0 Å². The predicted molar refractivity (Wildman–Crippen MR) is 268 cm³/mol. The van der Waals surface area contributed by atoms with Crippen LogP contribution in [0.15, 0.2) is 182 Å². The zero-order chi connectivity index (χ0) is 43.5. The molecule has 64 heavy (non-hydrogen) atoms. The quantitative estimate of drug-likeness (QED) is 0.172. The summed E-state index contributed by atoms with van der Waals surface area (Å²) in [6.07, 6.45) is 0. The minimum atomic E-state index is -0.564. The lowest BCUT2D eigenvalue weighted by atomic mass is 9.61. The van der Waals surface area contributed by atoms with Gasteiger partial charge in [0.15, 0.2) is 0 Å². The Bertz CT molecular complexity index is 3310. The average Bonchev–Trinajstić information content (AvgIpc) is 3.88. The topological polar surface area (TPSA) is 3.24 Å². The van der Waals surface area contributed by atoms with E-state index < -0.39 is 10.8 Å². The SMILES string of the molecule is Cc1cc2c3c4c(cccc14)C1(c4ccccc4-c4ccccc41)c1cc(N(c4ccc(C(C)(C)C)cc4)c4ccc(C(C)(C)C)cc4)cc(c1-3)C21c2ccccc2-c2ccccc21. The van der Waals surface area contributed by atoms with E-state index in [0.717, 1.165) is 11.4 Å². The highest BCUT2D eigenvalue weighted by atomic mass is 15.1. The summed E-state index contributed by atoms with van der Waals surface area (Å²) in [4.78, 5) is 2.54. The largest absolute Gasteiger partial charge is 0.310 e. The number of hydrogen-bond acceptors (Lipinski definition) is 1. The molecule has 0 fully saturated rings. The van der Waals surface area contributed by atoms with Crippen molar-refractivity contribution in [2.45, 2.75) is 70.1 Å². The zero-order valence-corrected chi connectivity index (χ0v) is 37.8. The molecule has 2 spiro atoms. The van der Waals surface area contributed by atoms with Crippen molar-refractivity contribution in [1.82, 2.24) is 0 Å². The first-order chi connectivity index (χ1) is 30.9. The summed E-state index contributed by atoms with van der Waals surface area (Å²) in [5.41, 5.74) is 25.5. The van der Waals surface area contributed by atoms with Gasteiger partial charge in [-0.05, 0) is 160 Å². The molecule has 0 atom stereocenters. The smallest absolute Gasteiger partial charge is 0.0726 e. The van der Waals surface area contributed by atoms with E-state index in [1.165, 1.54) is 111 Å². The summed E-state index contributed by atoms with van der Waals surface area (Å²) in [6.45, 7) is 16.2. The maximum Gasteiger partial charge on any atom is 0.0726 e. The van der Waals surface area contributed by atoms with E-state index in [0.29, 0.717) is 0 Å². The minimum absolute atomic E-state index is 0.0311. The molecule has 1 nitrogen and oxygen atoms in total. The fraction of sp³-hybridized carbons (Fsp3) is 0.175. The molecule has 1 heteroatoms. The third-order valence-electron chi connectivity index (χ3n) is 15.5. The molecular formula is C63H51N. The first kappa shape index (κ1) is 37.6. The maximum absolute atomic E-state index is 2.60. The Morgan fingerprint density at radius 1 is 0.344 bits per heavy atom. The Labute approximate surface area is 377 Å². The predicted octanol–water partition coefficient (Wildman–Crippen LogP) is 16.2. The van der Waals surface area contributed by atoms with Gasteiger partial charge in [-0.1, -0.05) is 187 Å². The van der Waals surface area contributed by atoms with Gasteiger partial charge in [-0.25, -0.2) is 0 Å². The molecule has 13 rings (SSSR count). The third-order valence-corrected chi connectivity index (χ3v) is 15.5.